The van der Waals surface area contributed by atoms with Gasteiger partial charge in [0.1, 0.15) is 11.5 Å². The Kier molecular flexibility index (Phi) is 5.04. The lowest BCUT2D eigenvalue weighted by Crippen LogP contribution is -2.25. The van der Waals surface area contributed by atoms with Crippen molar-refractivity contribution in [2.75, 3.05) is 7.11 Å². The number of aromatic nitrogens is 1. The molecule has 0 saturated heterocycles. The number of rotatable bonds is 6. The summed E-state index contributed by atoms with van der Waals surface area (Å²) >= 11 is 0. The van der Waals surface area contributed by atoms with Crippen LogP contribution in [0.1, 0.15) is 46.0 Å². The number of carbonyl (C=O) groups is 2. The zero-order valence-corrected chi connectivity index (χ0v) is 16.2. The molecule has 0 aliphatic carbocycles. The molecule has 0 amide bonds. The Bertz CT molecular complexity index is 1030. The molecule has 0 bridgehead atoms. The lowest BCUT2D eigenvalue weighted by molar-refractivity contribution is 0.0813. The van der Waals surface area contributed by atoms with Crippen molar-refractivity contribution in [3.63, 3.8) is 0 Å². The third-order valence-corrected chi connectivity index (χ3v) is 4.74. The molecule has 0 aliphatic rings. The van der Waals surface area contributed by atoms with E-state index in [-0.39, 0.29) is 11.6 Å². The number of carbonyl (C=O) groups excluding carboxylic acids is 2. The number of aromatic amines is 1. The highest BCUT2D eigenvalue weighted by Gasteiger charge is 2.24. The van der Waals surface area contributed by atoms with Crippen LogP contribution in [0.2, 0.25) is 0 Å². The molecule has 5 heteroatoms. The first-order valence-electron chi connectivity index (χ1n) is 8.80. The third-order valence-electron chi connectivity index (χ3n) is 4.74. The Morgan fingerprint density at radius 2 is 1.63 bits per heavy atom. The van der Waals surface area contributed by atoms with E-state index >= 15 is 0 Å². The normalized spacial score (nSPS) is 12.0. The second kappa shape index (κ2) is 7.27. The average molecular weight is 365 g/mol. The molecule has 5 nitrogen and oxygen atoms in total. The highest BCUT2D eigenvalue weighted by molar-refractivity contribution is 6.04. The van der Waals surface area contributed by atoms with Gasteiger partial charge < -0.3 is 14.5 Å². The monoisotopic (exact) mass is 365 g/mol. The topological polar surface area (TPSA) is 68.4 Å². The molecule has 140 valence electrons. The molecule has 0 saturated carbocycles. The summed E-state index contributed by atoms with van der Waals surface area (Å²) in [4.78, 5) is 27.7. The van der Waals surface area contributed by atoms with Gasteiger partial charge >= 0.3 is 0 Å². The maximum absolute atomic E-state index is 12.8. The van der Waals surface area contributed by atoms with E-state index in [0.29, 0.717) is 28.3 Å². The van der Waals surface area contributed by atoms with Gasteiger partial charge in [-0.3, -0.25) is 9.59 Å². The van der Waals surface area contributed by atoms with E-state index < -0.39 is 6.10 Å². The Morgan fingerprint density at radius 1 is 1.00 bits per heavy atom. The summed E-state index contributed by atoms with van der Waals surface area (Å²) in [5.41, 5.74) is 2.37. The largest absolute Gasteiger partial charge is 0.497 e. The standard InChI is InChI=1S/C22H23NO4/c1-12-20(14(3)24)13(2)23-21(12)22(25)15(4)27-19-9-7-16-6-8-18(26-5)10-17(16)11-19/h6-11,15,23H,1-5H3/t15-/m0/s1. The predicted octanol–water partition coefficient (Wildman–Crippen LogP) is 4.65. The number of ketones is 2. The van der Waals surface area contributed by atoms with Crippen LogP contribution in [-0.2, 0) is 0 Å². The van der Waals surface area contributed by atoms with Gasteiger partial charge in [0.25, 0.3) is 0 Å². The van der Waals surface area contributed by atoms with Gasteiger partial charge in [-0.05, 0) is 68.3 Å². The smallest absolute Gasteiger partial charge is 0.219 e. The van der Waals surface area contributed by atoms with Crippen LogP contribution < -0.4 is 9.47 Å². The minimum Gasteiger partial charge on any atom is -0.497 e. The molecular weight excluding hydrogens is 342 g/mol. The Balaban J connectivity index is 1.85. The Morgan fingerprint density at radius 3 is 2.22 bits per heavy atom. The fourth-order valence-electron chi connectivity index (χ4n) is 3.39. The quantitative estimate of drug-likeness (QED) is 0.646. The molecule has 27 heavy (non-hydrogen) atoms. The first-order valence-corrected chi connectivity index (χ1v) is 8.80. The van der Waals surface area contributed by atoms with Crippen molar-refractivity contribution in [1.29, 1.82) is 0 Å². The minimum absolute atomic E-state index is 0.0580. The van der Waals surface area contributed by atoms with Crippen molar-refractivity contribution in [2.24, 2.45) is 0 Å². The van der Waals surface area contributed by atoms with Crippen LogP contribution in [0.4, 0.5) is 0 Å². The zero-order chi connectivity index (χ0) is 19.7. The summed E-state index contributed by atoms with van der Waals surface area (Å²) in [6.45, 7) is 6.78. The molecular formula is C22H23NO4. The molecule has 0 spiro atoms. The number of hydrogen-bond acceptors (Lipinski definition) is 4. The predicted molar refractivity (Wildman–Crippen MR) is 105 cm³/mol. The van der Waals surface area contributed by atoms with E-state index in [1.54, 1.807) is 27.9 Å². The molecule has 0 radical (unpaired) electrons. The average Bonchev–Trinajstić information content (AvgIpc) is 2.94. The number of methoxy groups -OCH3 is 1. The van der Waals surface area contributed by atoms with Crippen molar-refractivity contribution in [2.45, 2.75) is 33.8 Å². The van der Waals surface area contributed by atoms with Crippen molar-refractivity contribution in [3.8, 4) is 11.5 Å². The van der Waals surface area contributed by atoms with E-state index in [9.17, 15) is 9.59 Å². The molecule has 0 fully saturated rings. The number of aryl methyl sites for hydroxylation is 1. The molecule has 1 atom stereocenters. The molecule has 1 aromatic heterocycles. The van der Waals surface area contributed by atoms with E-state index in [2.05, 4.69) is 4.98 Å². The molecule has 0 aliphatic heterocycles. The van der Waals surface area contributed by atoms with Crippen LogP contribution in [0.15, 0.2) is 36.4 Å². The summed E-state index contributed by atoms with van der Waals surface area (Å²) in [6.07, 6.45) is -0.690. The van der Waals surface area contributed by atoms with Gasteiger partial charge in [-0.2, -0.15) is 0 Å². The van der Waals surface area contributed by atoms with Gasteiger partial charge in [-0.1, -0.05) is 12.1 Å². The lowest BCUT2D eigenvalue weighted by Gasteiger charge is -2.14. The van der Waals surface area contributed by atoms with Crippen molar-refractivity contribution in [1.82, 2.24) is 4.98 Å². The van der Waals surface area contributed by atoms with Gasteiger partial charge in [0.05, 0.1) is 12.8 Å². The molecule has 2 aromatic carbocycles. The van der Waals surface area contributed by atoms with Gasteiger partial charge in [0.15, 0.2) is 11.9 Å². The van der Waals surface area contributed by atoms with E-state index in [1.165, 1.54) is 6.92 Å². The molecule has 1 heterocycles. The Hall–Kier alpha value is -3.08. The van der Waals surface area contributed by atoms with Crippen molar-refractivity contribution in [3.05, 3.63) is 58.9 Å². The van der Waals surface area contributed by atoms with Crippen LogP contribution in [0.25, 0.3) is 10.8 Å². The van der Waals surface area contributed by atoms with Crippen LogP contribution in [0, 0.1) is 13.8 Å². The van der Waals surface area contributed by atoms with Crippen molar-refractivity contribution < 1.29 is 19.1 Å². The van der Waals surface area contributed by atoms with Crippen LogP contribution in [-0.4, -0.2) is 29.8 Å². The highest BCUT2D eigenvalue weighted by Crippen LogP contribution is 2.26. The van der Waals surface area contributed by atoms with E-state index in [0.717, 1.165) is 16.5 Å². The summed E-state index contributed by atoms with van der Waals surface area (Å²) in [7, 11) is 1.62. The number of ether oxygens (including phenoxy) is 2. The van der Waals surface area contributed by atoms with Crippen LogP contribution in [0.5, 0.6) is 11.5 Å². The number of fused-ring (bicyclic) bond motifs is 1. The van der Waals surface area contributed by atoms with Crippen molar-refractivity contribution >= 4 is 22.3 Å². The number of benzene rings is 2. The third kappa shape index (κ3) is 3.58. The maximum atomic E-state index is 12.8. The van der Waals surface area contributed by atoms with E-state index in [4.69, 9.17) is 9.47 Å². The molecule has 0 unspecified atom stereocenters. The fourth-order valence-corrected chi connectivity index (χ4v) is 3.39. The van der Waals surface area contributed by atoms with E-state index in [1.807, 2.05) is 36.4 Å². The van der Waals surface area contributed by atoms with Gasteiger partial charge in [0.2, 0.25) is 5.78 Å². The second-order valence-corrected chi connectivity index (χ2v) is 6.68. The summed E-state index contributed by atoms with van der Waals surface area (Å²) in [5.74, 6) is 1.12. The first-order chi connectivity index (χ1) is 12.8. The number of nitrogens with one attached hydrogen (secondary N) is 1. The first kappa shape index (κ1) is 18.7. The molecule has 3 aromatic rings. The lowest BCUT2D eigenvalue weighted by atomic mass is 10.0. The fraction of sp³-hybridized carbons (Fsp3) is 0.273. The molecule has 3 rings (SSSR count). The second-order valence-electron chi connectivity index (χ2n) is 6.68. The molecule has 1 N–H and O–H groups in total. The van der Waals surface area contributed by atoms with Gasteiger partial charge in [-0.15, -0.1) is 0 Å². The number of H-pyrrole nitrogens is 1. The summed E-state index contributed by atoms with van der Waals surface area (Å²) in [5, 5.41) is 2.03. The van der Waals surface area contributed by atoms with Crippen LogP contribution >= 0.6 is 0 Å². The SMILES string of the molecule is COc1ccc2ccc(O[C@@H](C)C(=O)c3[nH]c(C)c(C(C)=O)c3C)cc2c1. The highest BCUT2D eigenvalue weighted by atomic mass is 16.5. The van der Waals surface area contributed by atoms with Gasteiger partial charge in [0, 0.05) is 11.3 Å². The van der Waals surface area contributed by atoms with Crippen LogP contribution in [0.3, 0.4) is 0 Å². The zero-order valence-electron chi connectivity index (χ0n) is 16.2. The minimum atomic E-state index is -0.690. The summed E-state index contributed by atoms with van der Waals surface area (Å²) < 4.78 is 11.1. The number of Topliss-reactive ketones (excluding diaryl/α,β-unsaturated/α-hetero) is 2. The maximum Gasteiger partial charge on any atom is 0.219 e. The number of hydrogen-bond donors (Lipinski definition) is 1. The summed E-state index contributed by atoms with van der Waals surface area (Å²) in [6, 6.07) is 11.5. The Labute approximate surface area is 158 Å². The van der Waals surface area contributed by atoms with Gasteiger partial charge in [-0.25, -0.2) is 0 Å².